The predicted molar refractivity (Wildman–Crippen MR) is 79.2 cm³/mol. The van der Waals surface area contributed by atoms with Crippen molar-refractivity contribution in [1.29, 1.82) is 0 Å². The molecule has 0 aliphatic rings. The van der Waals surface area contributed by atoms with E-state index in [0.29, 0.717) is 5.69 Å². The van der Waals surface area contributed by atoms with Gasteiger partial charge in [-0.05, 0) is 35.2 Å². The van der Waals surface area contributed by atoms with Crippen molar-refractivity contribution in [2.45, 2.75) is 26.2 Å². The molecule has 0 bridgehead atoms. The van der Waals surface area contributed by atoms with Crippen molar-refractivity contribution >= 4 is 17.1 Å². The number of hydrogen-bond donors (Lipinski definition) is 2. The van der Waals surface area contributed by atoms with Crippen LogP contribution in [0.25, 0.3) is 0 Å². The third kappa shape index (κ3) is 3.05. The van der Waals surface area contributed by atoms with Crippen LogP contribution in [0.2, 0.25) is 0 Å². The lowest BCUT2D eigenvalue weighted by Crippen LogP contribution is -2.13. The molecule has 2 aromatic carbocycles. The zero-order chi connectivity index (χ0) is 14.0. The van der Waals surface area contributed by atoms with E-state index in [0.717, 1.165) is 5.69 Å². The summed E-state index contributed by atoms with van der Waals surface area (Å²) in [6.07, 6.45) is 0. The average Bonchev–Trinajstić information content (AvgIpc) is 2.33. The summed E-state index contributed by atoms with van der Waals surface area (Å²) in [5.41, 5.74) is 8.53. The summed E-state index contributed by atoms with van der Waals surface area (Å²) in [5, 5.41) is 3.25. The lowest BCUT2D eigenvalue weighted by molar-refractivity contribution is 0.592. The van der Waals surface area contributed by atoms with Gasteiger partial charge in [0.05, 0.1) is 5.69 Å². The van der Waals surface area contributed by atoms with E-state index in [-0.39, 0.29) is 11.1 Å². The molecule has 0 amide bonds. The van der Waals surface area contributed by atoms with Crippen LogP contribution in [0.5, 0.6) is 0 Å². The van der Waals surface area contributed by atoms with E-state index >= 15 is 0 Å². The van der Waals surface area contributed by atoms with Gasteiger partial charge in [-0.25, -0.2) is 4.39 Å². The van der Waals surface area contributed by atoms with Crippen molar-refractivity contribution < 1.29 is 4.39 Å². The van der Waals surface area contributed by atoms with Gasteiger partial charge < -0.3 is 11.1 Å². The van der Waals surface area contributed by atoms with Crippen LogP contribution in [0.1, 0.15) is 26.3 Å². The molecule has 3 N–H and O–H groups in total. The minimum Gasteiger partial charge on any atom is -0.396 e. The Labute approximate surface area is 113 Å². The summed E-state index contributed by atoms with van der Waals surface area (Å²) < 4.78 is 13.5. The Balaban J connectivity index is 2.36. The number of benzene rings is 2. The molecule has 0 fully saturated rings. The summed E-state index contributed by atoms with van der Waals surface area (Å²) in [6, 6.07) is 12.8. The summed E-state index contributed by atoms with van der Waals surface area (Å²) in [4.78, 5) is 0. The standard InChI is InChI=1S/C16H19FN2/c1-16(2,3)12-6-4-5-7-15(12)19-11-8-9-14(18)13(17)10-11/h4-10,19H,18H2,1-3H3. The molecule has 3 heteroatoms. The molecule has 0 radical (unpaired) electrons. The van der Waals surface area contributed by atoms with E-state index < -0.39 is 5.82 Å². The van der Waals surface area contributed by atoms with Crippen molar-refractivity contribution in [3.63, 3.8) is 0 Å². The largest absolute Gasteiger partial charge is 0.396 e. The third-order valence-electron chi connectivity index (χ3n) is 3.01. The summed E-state index contributed by atoms with van der Waals surface area (Å²) in [5.74, 6) is -0.404. The van der Waals surface area contributed by atoms with Crippen molar-refractivity contribution in [1.82, 2.24) is 0 Å². The topological polar surface area (TPSA) is 38.0 Å². The minimum atomic E-state index is -0.404. The molecular weight excluding hydrogens is 239 g/mol. The molecule has 0 aliphatic carbocycles. The Morgan fingerprint density at radius 3 is 2.37 bits per heavy atom. The molecule has 0 saturated heterocycles. The van der Waals surface area contributed by atoms with Crippen molar-refractivity contribution in [3.05, 3.63) is 53.8 Å². The van der Waals surface area contributed by atoms with E-state index in [2.05, 4.69) is 32.2 Å². The molecule has 2 nitrogen and oxygen atoms in total. The van der Waals surface area contributed by atoms with Gasteiger partial charge >= 0.3 is 0 Å². The van der Waals surface area contributed by atoms with Crippen molar-refractivity contribution in [3.8, 4) is 0 Å². The minimum absolute atomic E-state index is 0.0238. The Morgan fingerprint density at radius 2 is 1.74 bits per heavy atom. The number of para-hydroxylation sites is 1. The van der Waals surface area contributed by atoms with Crippen molar-refractivity contribution in [2.24, 2.45) is 0 Å². The fourth-order valence-corrected chi connectivity index (χ4v) is 2.01. The fourth-order valence-electron chi connectivity index (χ4n) is 2.01. The van der Waals surface area contributed by atoms with Crippen LogP contribution in [0, 0.1) is 5.82 Å². The first-order chi connectivity index (χ1) is 8.88. The van der Waals surface area contributed by atoms with Gasteiger partial charge in [0.25, 0.3) is 0 Å². The number of nitrogens with one attached hydrogen (secondary N) is 1. The normalized spacial score (nSPS) is 11.4. The first-order valence-corrected chi connectivity index (χ1v) is 6.29. The van der Waals surface area contributed by atoms with Crippen LogP contribution in [0.15, 0.2) is 42.5 Å². The summed E-state index contributed by atoms with van der Waals surface area (Å²) >= 11 is 0. The van der Waals surface area contributed by atoms with Crippen molar-refractivity contribution in [2.75, 3.05) is 11.1 Å². The van der Waals surface area contributed by atoms with Crippen LogP contribution >= 0.6 is 0 Å². The average molecular weight is 258 g/mol. The van der Waals surface area contributed by atoms with Crippen LogP contribution in [-0.4, -0.2) is 0 Å². The SMILES string of the molecule is CC(C)(C)c1ccccc1Nc1ccc(N)c(F)c1. The number of halogens is 1. The second-order valence-corrected chi connectivity index (χ2v) is 5.66. The molecule has 0 unspecified atom stereocenters. The van der Waals surface area contributed by atoms with Gasteiger partial charge in [-0.15, -0.1) is 0 Å². The number of anilines is 3. The van der Waals surface area contributed by atoms with Gasteiger partial charge in [-0.2, -0.15) is 0 Å². The van der Waals surface area contributed by atoms with E-state index in [9.17, 15) is 4.39 Å². The Bertz CT molecular complexity index is 586. The number of rotatable bonds is 2. The molecule has 19 heavy (non-hydrogen) atoms. The molecule has 0 heterocycles. The molecule has 2 aromatic rings. The van der Waals surface area contributed by atoms with Gasteiger partial charge in [0, 0.05) is 11.4 Å². The van der Waals surface area contributed by atoms with Crippen LogP contribution in [0.4, 0.5) is 21.5 Å². The maximum Gasteiger partial charge on any atom is 0.148 e. The highest BCUT2D eigenvalue weighted by Gasteiger charge is 2.17. The zero-order valence-electron chi connectivity index (χ0n) is 11.5. The highest BCUT2D eigenvalue weighted by atomic mass is 19.1. The second kappa shape index (κ2) is 4.92. The molecule has 0 saturated carbocycles. The summed E-state index contributed by atoms with van der Waals surface area (Å²) in [6.45, 7) is 6.45. The van der Waals surface area contributed by atoms with Gasteiger partial charge in [0.15, 0.2) is 0 Å². The van der Waals surface area contributed by atoms with E-state index in [4.69, 9.17) is 5.73 Å². The molecule has 0 aliphatic heterocycles. The maximum absolute atomic E-state index is 13.5. The second-order valence-electron chi connectivity index (χ2n) is 5.66. The zero-order valence-corrected chi connectivity index (χ0v) is 11.5. The molecule has 100 valence electrons. The van der Waals surface area contributed by atoms with Gasteiger partial charge in [0.1, 0.15) is 5.82 Å². The number of nitrogen functional groups attached to an aromatic ring is 1. The predicted octanol–water partition coefficient (Wildman–Crippen LogP) is 4.45. The third-order valence-corrected chi connectivity index (χ3v) is 3.01. The highest BCUT2D eigenvalue weighted by molar-refractivity contribution is 5.66. The van der Waals surface area contributed by atoms with Gasteiger partial charge in [-0.3, -0.25) is 0 Å². The number of nitrogens with two attached hydrogens (primary N) is 1. The maximum atomic E-state index is 13.5. The molecule has 0 spiro atoms. The van der Waals surface area contributed by atoms with E-state index in [1.165, 1.54) is 11.6 Å². The smallest absolute Gasteiger partial charge is 0.148 e. The molecular formula is C16H19FN2. The summed E-state index contributed by atoms with van der Waals surface area (Å²) in [7, 11) is 0. The Morgan fingerprint density at radius 1 is 1.05 bits per heavy atom. The quantitative estimate of drug-likeness (QED) is 0.781. The van der Waals surface area contributed by atoms with E-state index in [1.807, 2.05) is 18.2 Å². The van der Waals surface area contributed by atoms with E-state index in [1.54, 1.807) is 12.1 Å². The van der Waals surface area contributed by atoms with Crippen LogP contribution in [0.3, 0.4) is 0 Å². The monoisotopic (exact) mass is 258 g/mol. The van der Waals surface area contributed by atoms with Gasteiger partial charge in [0.2, 0.25) is 0 Å². The Kier molecular flexibility index (Phi) is 3.47. The first-order valence-electron chi connectivity index (χ1n) is 6.29. The lowest BCUT2D eigenvalue weighted by Gasteiger charge is -2.23. The first kappa shape index (κ1) is 13.4. The molecule has 0 atom stereocenters. The van der Waals surface area contributed by atoms with Crippen LogP contribution < -0.4 is 11.1 Å². The van der Waals surface area contributed by atoms with Gasteiger partial charge in [-0.1, -0.05) is 39.0 Å². The molecule has 0 aromatic heterocycles. The molecule has 2 rings (SSSR count). The van der Waals surface area contributed by atoms with Crippen LogP contribution in [-0.2, 0) is 5.41 Å². The fraction of sp³-hybridized carbons (Fsp3) is 0.250. The lowest BCUT2D eigenvalue weighted by atomic mass is 9.86. The number of hydrogen-bond acceptors (Lipinski definition) is 2. The highest BCUT2D eigenvalue weighted by Crippen LogP contribution is 2.31. The Hall–Kier alpha value is -2.03.